The second-order valence-electron chi connectivity index (χ2n) is 2.79. The van der Waals surface area contributed by atoms with E-state index in [0.29, 0.717) is 6.42 Å². The fourth-order valence-electron chi connectivity index (χ4n) is 1.27. The zero-order valence-electron chi connectivity index (χ0n) is 6.45. The average Bonchev–Trinajstić information content (AvgIpc) is 2.15. The summed E-state index contributed by atoms with van der Waals surface area (Å²) in [6, 6.07) is 9.45. The summed E-state index contributed by atoms with van der Waals surface area (Å²) in [5.74, 6) is -0.227. The summed E-state index contributed by atoms with van der Waals surface area (Å²) in [6.45, 7) is 0. The van der Waals surface area contributed by atoms with Gasteiger partial charge in [-0.05, 0) is 5.56 Å². The number of allylic oxidation sites excluding steroid dienone is 2. The fraction of sp³-hybridized carbons (Fsp3) is 0.100. The summed E-state index contributed by atoms with van der Waals surface area (Å²) >= 11 is 0. The van der Waals surface area contributed by atoms with Crippen LogP contribution in [-0.2, 0) is 4.79 Å². The summed E-state index contributed by atoms with van der Waals surface area (Å²) in [5.41, 5.74) is 1.70. The Morgan fingerprint density at radius 1 is 1.17 bits per heavy atom. The third kappa shape index (κ3) is 0.925. The third-order valence-corrected chi connectivity index (χ3v) is 2.01. The van der Waals surface area contributed by atoms with E-state index in [1.807, 2.05) is 30.3 Å². The molecule has 1 N–H and O–H groups in total. The number of hydrogen-bond acceptors (Lipinski definition) is 2. The van der Waals surface area contributed by atoms with Crippen LogP contribution in [0.15, 0.2) is 36.1 Å². The van der Waals surface area contributed by atoms with E-state index in [-0.39, 0.29) is 11.5 Å². The first-order chi connectivity index (χ1) is 5.79. The second kappa shape index (κ2) is 2.48. The number of rotatable bonds is 1. The van der Waals surface area contributed by atoms with Gasteiger partial charge in [0.15, 0.2) is 5.76 Å². The topological polar surface area (TPSA) is 37.3 Å². The Labute approximate surface area is 70.2 Å². The molecule has 0 heterocycles. The van der Waals surface area contributed by atoms with Crippen molar-refractivity contribution in [2.75, 3.05) is 0 Å². The van der Waals surface area contributed by atoms with Crippen LogP contribution in [0.4, 0.5) is 0 Å². The van der Waals surface area contributed by atoms with Gasteiger partial charge in [-0.2, -0.15) is 0 Å². The Kier molecular flexibility index (Phi) is 1.47. The Balaban J connectivity index is 2.41. The molecule has 1 aromatic rings. The normalized spacial score (nSPS) is 16.2. The van der Waals surface area contributed by atoms with E-state index in [9.17, 15) is 4.79 Å². The van der Waals surface area contributed by atoms with E-state index in [4.69, 9.17) is 5.11 Å². The number of ketones is 1. The highest BCUT2D eigenvalue weighted by Crippen LogP contribution is 2.30. The molecule has 0 saturated heterocycles. The van der Waals surface area contributed by atoms with Gasteiger partial charge in [0.2, 0.25) is 5.78 Å². The van der Waals surface area contributed by atoms with Crippen LogP contribution in [0.1, 0.15) is 12.0 Å². The number of carbonyl (C=O) groups is 1. The van der Waals surface area contributed by atoms with Gasteiger partial charge in [-0.1, -0.05) is 30.3 Å². The Morgan fingerprint density at radius 3 is 2.33 bits per heavy atom. The lowest BCUT2D eigenvalue weighted by Gasteiger charge is -2.17. The zero-order chi connectivity index (χ0) is 8.55. The molecule has 0 unspecified atom stereocenters. The smallest absolute Gasteiger partial charge is 0.201 e. The van der Waals surface area contributed by atoms with Gasteiger partial charge in [0, 0.05) is 12.0 Å². The molecule has 1 aromatic carbocycles. The summed E-state index contributed by atoms with van der Waals surface area (Å²) in [6.07, 6.45) is 0.371. The van der Waals surface area contributed by atoms with Gasteiger partial charge < -0.3 is 5.11 Å². The molecule has 0 saturated carbocycles. The summed E-state index contributed by atoms with van der Waals surface area (Å²) in [4.78, 5) is 10.7. The van der Waals surface area contributed by atoms with Gasteiger partial charge in [0.25, 0.3) is 0 Å². The predicted octanol–water partition coefficient (Wildman–Crippen LogP) is 1.93. The molecule has 1 aliphatic carbocycles. The molecule has 0 aliphatic heterocycles. The molecule has 1 aliphatic rings. The quantitative estimate of drug-likeness (QED) is 0.681. The molecular formula is C10H8O2. The standard InChI is InChI=1S/C10H8O2/c11-9-6-8(10(9)12)7-4-2-1-3-5-7/h1-5,12H,6H2. The number of aliphatic hydroxyl groups excluding tert-OH is 1. The van der Waals surface area contributed by atoms with E-state index >= 15 is 0 Å². The SMILES string of the molecule is O=C1CC(c2ccccc2)=C1O. The minimum Gasteiger partial charge on any atom is -0.504 e. The van der Waals surface area contributed by atoms with Crippen LogP contribution in [0.25, 0.3) is 5.57 Å². The minimum atomic E-state index is -0.158. The van der Waals surface area contributed by atoms with E-state index < -0.39 is 0 Å². The monoisotopic (exact) mass is 160 g/mol. The molecule has 0 bridgehead atoms. The minimum absolute atomic E-state index is 0.0683. The van der Waals surface area contributed by atoms with Crippen molar-refractivity contribution in [3.63, 3.8) is 0 Å². The Bertz CT molecular complexity index is 349. The van der Waals surface area contributed by atoms with Crippen LogP contribution in [0.5, 0.6) is 0 Å². The highest BCUT2D eigenvalue weighted by molar-refractivity contribution is 6.14. The van der Waals surface area contributed by atoms with Gasteiger partial charge >= 0.3 is 0 Å². The summed E-state index contributed by atoms with van der Waals surface area (Å²) in [5, 5.41) is 9.16. The number of carbonyl (C=O) groups excluding carboxylic acids is 1. The van der Waals surface area contributed by atoms with Crippen LogP contribution >= 0.6 is 0 Å². The molecule has 0 amide bonds. The van der Waals surface area contributed by atoms with Gasteiger partial charge in [0.1, 0.15) is 0 Å². The maximum absolute atomic E-state index is 10.7. The Morgan fingerprint density at radius 2 is 1.83 bits per heavy atom. The molecule has 0 aromatic heterocycles. The molecule has 2 nitrogen and oxygen atoms in total. The number of aliphatic hydroxyl groups is 1. The van der Waals surface area contributed by atoms with Crippen LogP contribution in [-0.4, -0.2) is 10.9 Å². The zero-order valence-corrected chi connectivity index (χ0v) is 6.45. The molecule has 12 heavy (non-hydrogen) atoms. The van der Waals surface area contributed by atoms with Crippen molar-refractivity contribution < 1.29 is 9.90 Å². The molecule has 60 valence electrons. The number of Topliss-reactive ketones (excluding diaryl/α,β-unsaturated/α-hetero) is 1. The first kappa shape index (κ1) is 7.10. The van der Waals surface area contributed by atoms with Crippen molar-refractivity contribution in [2.45, 2.75) is 6.42 Å². The highest BCUT2D eigenvalue weighted by Gasteiger charge is 2.27. The van der Waals surface area contributed by atoms with Crippen molar-refractivity contribution in [1.29, 1.82) is 0 Å². The van der Waals surface area contributed by atoms with Crippen molar-refractivity contribution >= 4 is 11.4 Å². The van der Waals surface area contributed by atoms with Gasteiger partial charge in [-0.15, -0.1) is 0 Å². The van der Waals surface area contributed by atoms with E-state index in [2.05, 4.69) is 0 Å². The van der Waals surface area contributed by atoms with E-state index in [1.165, 1.54) is 0 Å². The number of hydrogen-bond donors (Lipinski definition) is 1. The van der Waals surface area contributed by atoms with Crippen molar-refractivity contribution in [2.24, 2.45) is 0 Å². The van der Waals surface area contributed by atoms with Crippen molar-refractivity contribution in [1.82, 2.24) is 0 Å². The molecule has 0 radical (unpaired) electrons. The number of benzene rings is 1. The maximum atomic E-state index is 10.7. The molecular weight excluding hydrogens is 152 g/mol. The van der Waals surface area contributed by atoms with Gasteiger partial charge in [-0.25, -0.2) is 0 Å². The van der Waals surface area contributed by atoms with Crippen molar-refractivity contribution in [3.05, 3.63) is 41.7 Å². The lowest BCUT2D eigenvalue weighted by Crippen LogP contribution is -2.16. The lowest BCUT2D eigenvalue weighted by molar-refractivity contribution is -0.118. The third-order valence-electron chi connectivity index (χ3n) is 2.01. The maximum Gasteiger partial charge on any atom is 0.201 e. The van der Waals surface area contributed by atoms with Crippen LogP contribution in [0.3, 0.4) is 0 Å². The Hall–Kier alpha value is -1.57. The molecule has 2 heteroatoms. The molecule has 0 fully saturated rings. The van der Waals surface area contributed by atoms with Crippen LogP contribution < -0.4 is 0 Å². The van der Waals surface area contributed by atoms with Crippen LogP contribution in [0.2, 0.25) is 0 Å². The molecule has 0 spiro atoms. The summed E-state index contributed by atoms with van der Waals surface area (Å²) in [7, 11) is 0. The average molecular weight is 160 g/mol. The van der Waals surface area contributed by atoms with Crippen molar-refractivity contribution in [3.8, 4) is 0 Å². The predicted molar refractivity (Wildman–Crippen MR) is 45.6 cm³/mol. The lowest BCUT2D eigenvalue weighted by atomic mass is 9.89. The summed E-state index contributed by atoms with van der Waals surface area (Å²) < 4.78 is 0. The molecule has 0 atom stereocenters. The largest absolute Gasteiger partial charge is 0.504 e. The van der Waals surface area contributed by atoms with E-state index in [0.717, 1.165) is 11.1 Å². The fourth-order valence-corrected chi connectivity index (χ4v) is 1.27. The van der Waals surface area contributed by atoms with Gasteiger partial charge in [-0.3, -0.25) is 4.79 Å². The van der Waals surface area contributed by atoms with E-state index in [1.54, 1.807) is 0 Å². The highest BCUT2D eigenvalue weighted by atomic mass is 16.3. The second-order valence-corrected chi connectivity index (χ2v) is 2.79. The molecule has 2 rings (SSSR count). The first-order valence-electron chi connectivity index (χ1n) is 3.80. The first-order valence-corrected chi connectivity index (χ1v) is 3.80. The van der Waals surface area contributed by atoms with Gasteiger partial charge in [0.05, 0.1) is 0 Å². The van der Waals surface area contributed by atoms with Crippen LogP contribution in [0, 0.1) is 0 Å².